The largest absolute Gasteiger partial charge is 0.379 e. The van der Waals surface area contributed by atoms with E-state index in [9.17, 15) is 14.4 Å². The van der Waals surface area contributed by atoms with Crippen LogP contribution in [-0.4, -0.2) is 54.1 Å². The lowest BCUT2D eigenvalue weighted by Crippen LogP contribution is -2.35. The van der Waals surface area contributed by atoms with Crippen LogP contribution in [-0.2, 0) is 16.1 Å². The van der Waals surface area contributed by atoms with E-state index < -0.39 is 17.8 Å². The fourth-order valence-corrected chi connectivity index (χ4v) is 3.15. The Hall–Kier alpha value is -3.03. The summed E-state index contributed by atoms with van der Waals surface area (Å²) in [4.78, 5) is 44.2. The lowest BCUT2D eigenvalue weighted by Gasteiger charge is -2.26. The van der Waals surface area contributed by atoms with Gasteiger partial charge in [0.05, 0.1) is 29.9 Å². The van der Waals surface area contributed by atoms with Gasteiger partial charge in [0.15, 0.2) is 0 Å². The molecule has 138 valence electrons. The summed E-state index contributed by atoms with van der Waals surface area (Å²) in [6.45, 7) is 3.99. The molecule has 0 radical (unpaired) electrons. The highest BCUT2D eigenvalue weighted by molar-refractivity contribution is 6.21. The summed E-state index contributed by atoms with van der Waals surface area (Å²) < 4.78 is 5.33. The Morgan fingerprint density at radius 2 is 1.52 bits per heavy atom. The van der Waals surface area contributed by atoms with Gasteiger partial charge < -0.3 is 9.57 Å². The summed E-state index contributed by atoms with van der Waals surface area (Å²) in [7, 11) is 0. The summed E-state index contributed by atoms with van der Waals surface area (Å²) in [5.74, 6) is -2.01. The number of rotatable bonds is 4. The van der Waals surface area contributed by atoms with E-state index in [1.807, 2.05) is 12.1 Å². The molecule has 7 nitrogen and oxygen atoms in total. The smallest absolute Gasteiger partial charge is 0.363 e. The summed E-state index contributed by atoms with van der Waals surface area (Å²) in [6, 6.07) is 13.3. The van der Waals surface area contributed by atoms with Gasteiger partial charge in [0.2, 0.25) is 0 Å². The van der Waals surface area contributed by atoms with Crippen molar-refractivity contribution in [3.63, 3.8) is 0 Å². The zero-order valence-electron chi connectivity index (χ0n) is 14.6. The molecule has 2 heterocycles. The molecular formula is C20H18N2O5. The summed E-state index contributed by atoms with van der Waals surface area (Å²) in [5, 5.41) is 0.522. The molecule has 0 N–H and O–H groups in total. The maximum atomic E-state index is 12.3. The van der Waals surface area contributed by atoms with Crippen molar-refractivity contribution in [3.05, 3.63) is 70.8 Å². The van der Waals surface area contributed by atoms with Gasteiger partial charge in [0.1, 0.15) is 0 Å². The van der Waals surface area contributed by atoms with E-state index in [1.165, 1.54) is 12.1 Å². The first-order valence-electron chi connectivity index (χ1n) is 8.72. The molecule has 1 fully saturated rings. The van der Waals surface area contributed by atoms with Crippen molar-refractivity contribution in [2.75, 3.05) is 26.3 Å². The normalized spacial score (nSPS) is 17.1. The van der Waals surface area contributed by atoms with Crippen LogP contribution in [0.3, 0.4) is 0 Å². The van der Waals surface area contributed by atoms with Gasteiger partial charge in [-0.05, 0) is 29.8 Å². The number of hydrogen-bond donors (Lipinski definition) is 0. The van der Waals surface area contributed by atoms with Crippen LogP contribution in [0.2, 0.25) is 0 Å². The molecule has 1 saturated heterocycles. The van der Waals surface area contributed by atoms with Gasteiger partial charge in [-0.3, -0.25) is 14.5 Å². The minimum atomic E-state index is -0.748. The number of hydrogen-bond acceptors (Lipinski definition) is 6. The zero-order valence-corrected chi connectivity index (χ0v) is 14.6. The van der Waals surface area contributed by atoms with Crippen molar-refractivity contribution in [3.8, 4) is 0 Å². The number of hydroxylamine groups is 2. The Bertz CT molecular complexity index is 853. The van der Waals surface area contributed by atoms with Crippen LogP contribution in [0.4, 0.5) is 0 Å². The van der Waals surface area contributed by atoms with Gasteiger partial charge in [-0.2, -0.15) is 0 Å². The molecule has 2 aliphatic rings. The monoisotopic (exact) mass is 366 g/mol. The van der Waals surface area contributed by atoms with Crippen LogP contribution < -0.4 is 0 Å². The van der Waals surface area contributed by atoms with Gasteiger partial charge >= 0.3 is 5.97 Å². The van der Waals surface area contributed by atoms with Crippen molar-refractivity contribution >= 4 is 17.8 Å². The minimum Gasteiger partial charge on any atom is -0.379 e. The Morgan fingerprint density at radius 3 is 2.11 bits per heavy atom. The van der Waals surface area contributed by atoms with Crippen LogP contribution in [0.15, 0.2) is 48.5 Å². The average Bonchev–Trinajstić information content (AvgIpc) is 2.94. The molecule has 0 aromatic heterocycles. The van der Waals surface area contributed by atoms with E-state index in [4.69, 9.17) is 9.57 Å². The fourth-order valence-electron chi connectivity index (χ4n) is 3.15. The second-order valence-corrected chi connectivity index (χ2v) is 6.41. The summed E-state index contributed by atoms with van der Waals surface area (Å²) in [6.07, 6.45) is 0. The molecule has 27 heavy (non-hydrogen) atoms. The molecule has 2 aromatic carbocycles. The minimum absolute atomic E-state index is 0.233. The molecular weight excluding hydrogens is 348 g/mol. The fraction of sp³-hybridized carbons (Fsp3) is 0.250. The standard InChI is InChI=1S/C20H18N2O5/c23-18-16-3-1-2-4-17(16)19(24)22(18)27-20(25)15-7-5-14(6-8-15)13-21-9-11-26-12-10-21/h1-8H,9-13H2. The average molecular weight is 366 g/mol. The van der Waals surface area contributed by atoms with E-state index in [0.717, 1.165) is 38.4 Å². The maximum Gasteiger partial charge on any atom is 0.363 e. The second kappa shape index (κ2) is 7.30. The molecule has 2 aromatic rings. The van der Waals surface area contributed by atoms with E-state index in [-0.39, 0.29) is 16.7 Å². The molecule has 0 unspecified atom stereocenters. The van der Waals surface area contributed by atoms with Gasteiger partial charge in [-0.15, -0.1) is 0 Å². The highest BCUT2D eigenvalue weighted by Gasteiger charge is 2.38. The third kappa shape index (κ3) is 3.47. The molecule has 2 amide bonds. The Morgan fingerprint density at radius 1 is 0.926 bits per heavy atom. The first kappa shape index (κ1) is 17.4. The number of ether oxygens (including phenoxy) is 1. The predicted molar refractivity (Wildman–Crippen MR) is 94.9 cm³/mol. The van der Waals surface area contributed by atoms with Crippen molar-refractivity contribution < 1.29 is 24.0 Å². The molecule has 4 rings (SSSR count). The summed E-state index contributed by atoms with van der Waals surface area (Å²) in [5.41, 5.74) is 1.80. The lowest BCUT2D eigenvalue weighted by atomic mass is 10.1. The van der Waals surface area contributed by atoms with Crippen molar-refractivity contribution in [1.29, 1.82) is 0 Å². The van der Waals surface area contributed by atoms with Gasteiger partial charge in [0.25, 0.3) is 11.8 Å². The van der Waals surface area contributed by atoms with E-state index in [1.54, 1.807) is 24.3 Å². The van der Waals surface area contributed by atoms with Crippen LogP contribution in [0.1, 0.15) is 36.6 Å². The molecule has 0 spiro atoms. The van der Waals surface area contributed by atoms with Gasteiger partial charge in [0, 0.05) is 19.6 Å². The Balaban J connectivity index is 1.41. The number of nitrogens with zero attached hydrogens (tertiary/aromatic N) is 2. The lowest BCUT2D eigenvalue weighted by molar-refractivity contribution is -0.0584. The number of benzene rings is 2. The number of carbonyl (C=O) groups is 3. The Labute approximate surface area is 156 Å². The molecule has 2 aliphatic heterocycles. The maximum absolute atomic E-state index is 12.3. The zero-order chi connectivity index (χ0) is 18.8. The summed E-state index contributed by atoms with van der Waals surface area (Å²) >= 11 is 0. The van der Waals surface area contributed by atoms with Crippen LogP contribution in [0.5, 0.6) is 0 Å². The number of amides is 2. The number of morpholine rings is 1. The van der Waals surface area contributed by atoms with Gasteiger partial charge in [-0.1, -0.05) is 29.3 Å². The quantitative estimate of drug-likeness (QED) is 0.769. The number of fused-ring (bicyclic) bond motifs is 1. The second-order valence-electron chi connectivity index (χ2n) is 6.41. The predicted octanol–water partition coefficient (Wildman–Crippen LogP) is 1.89. The highest BCUT2D eigenvalue weighted by atomic mass is 16.7. The SMILES string of the molecule is O=C(ON1C(=O)c2ccccc2C1=O)c1ccc(CN2CCOCC2)cc1. The molecule has 7 heteroatoms. The molecule has 0 bridgehead atoms. The first-order chi connectivity index (χ1) is 13.1. The third-order valence-electron chi connectivity index (χ3n) is 4.63. The van der Waals surface area contributed by atoms with Gasteiger partial charge in [-0.25, -0.2) is 4.79 Å². The van der Waals surface area contributed by atoms with E-state index in [2.05, 4.69) is 4.90 Å². The number of imide groups is 1. The van der Waals surface area contributed by atoms with Crippen LogP contribution in [0.25, 0.3) is 0 Å². The van der Waals surface area contributed by atoms with Crippen LogP contribution in [0, 0.1) is 0 Å². The van der Waals surface area contributed by atoms with E-state index >= 15 is 0 Å². The highest BCUT2D eigenvalue weighted by Crippen LogP contribution is 2.23. The van der Waals surface area contributed by atoms with Crippen LogP contribution >= 0.6 is 0 Å². The van der Waals surface area contributed by atoms with E-state index in [0.29, 0.717) is 5.06 Å². The van der Waals surface area contributed by atoms with Crippen molar-refractivity contribution in [2.45, 2.75) is 6.54 Å². The van der Waals surface area contributed by atoms with Crippen molar-refractivity contribution in [2.24, 2.45) is 0 Å². The first-order valence-corrected chi connectivity index (χ1v) is 8.72. The number of carbonyl (C=O) groups excluding carboxylic acids is 3. The third-order valence-corrected chi connectivity index (χ3v) is 4.63. The Kier molecular flexibility index (Phi) is 4.70. The van der Waals surface area contributed by atoms with Crippen molar-refractivity contribution in [1.82, 2.24) is 9.96 Å². The molecule has 0 atom stereocenters. The molecule has 0 aliphatic carbocycles. The topological polar surface area (TPSA) is 76.2 Å². The molecule has 0 saturated carbocycles.